The van der Waals surface area contributed by atoms with Crippen molar-refractivity contribution in [1.29, 1.82) is 0 Å². The van der Waals surface area contributed by atoms with E-state index in [1.165, 1.54) is 23.0 Å². The molecule has 12 heteroatoms. The normalized spacial score (nSPS) is 11.2. The number of halogens is 4. The average Bonchev–Trinajstić information content (AvgIpc) is 2.99. The summed E-state index contributed by atoms with van der Waals surface area (Å²) in [6.45, 7) is 0. The highest BCUT2D eigenvalue weighted by atomic mass is 35.5. The zero-order chi connectivity index (χ0) is 22.1. The van der Waals surface area contributed by atoms with E-state index in [2.05, 4.69) is 10.4 Å². The molecule has 1 aromatic heterocycles. The number of nitrogens with zero attached hydrogens (tertiary/aromatic N) is 3. The van der Waals surface area contributed by atoms with Gasteiger partial charge in [0.15, 0.2) is 5.69 Å². The van der Waals surface area contributed by atoms with Crippen molar-refractivity contribution in [1.82, 2.24) is 9.78 Å². The number of hydrogen-bond donors (Lipinski definition) is 1. The van der Waals surface area contributed by atoms with Gasteiger partial charge in [0, 0.05) is 25.4 Å². The third kappa shape index (κ3) is 4.87. The predicted molar refractivity (Wildman–Crippen MR) is 101 cm³/mol. The molecule has 156 valence electrons. The van der Waals surface area contributed by atoms with Gasteiger partial charge in [-0.1, -0.05) is 17.7 Å². The maximum absolute atomic E-state index is 12.9. The van der Waals surface area contributed by atoms with Crippen LogP contribution in [0.25, 0.3) is 0 Å². The number of aromatic nitrogens is 2. The third-order valence-corrected chi connectivity index (χ3v) is 4.03. The summed E-state index contributed by atoms with van der Waals surface area (Å²) in [6, 6.07) is 7.33. The summed E-state index contributed by atoms with van der Waals surface area (Å²) in [6.07, 6.45) is -3.19. The van der Waals surface area contributed by atoms with Crippen LogP contribution in [-0.4, -0.2) is 20.6 Å². The molecule has 3 rings (SSSR count). The van der Waals surface area contributed by atoms with Crippen LogP contribution in [0.5, 0.6) is 11.5 Å². The molecule has 0 fully saturated rings. The number of rotatable bonds is 5. The van der Waals surface area contributed by atoms with Gasteiger partial charge in [0.2, 0.25) is 0 Å². The molecule has 1 heterocycles. The number of ether oxygens (including phenoxy) is 1. The smallest absolute Gasteiger partial charge is 0.416 e. The van der Waals surface area contributed by atoms with Gasteiger partial charge in [-0.25, -0.2) is 0 Å². The molecule has 8 nitrogen and oxygen atoms in total. The van der Waals surface area contributed by atoms with Crippen molar-refractivity contribution in [2.24, 2.45) is 7.05 Å². The quantitative estimate of drug-likeness (QED) is 0.442. The SMILES string of the molecule is Cn1cc(Cl)c(C(=O)Nc2cc(Oc3cccc(C(F)(F)F)c3)cc([N+](=O)[O-])c2)n1. The molecule has 2 aromatic carbocycles. The number of non-ortho nitro benzene ring substituents is 1. The van der Waals surface area contributed by atoms with E-state index in [1.54, 1.807) is 7.05 Å². The number of nitro benzene ring substituents is 1. The molecule has 30 heavy (non-hydrogen) atoms. The van der Waals surface area contributed by atoms with E-state index >= 15 is 0 Å². The van der Waals surface area contributed by atoms with Crippen LogP contribution >= 0.6 is 11.6 Å². The van der Waals surface area contributed by atoms with Gasteiger partial charge in [0.05, 0.1) is 27.3 Å². The van der Waals surface area contributed by atoms with Crippen LogP contribution in [0.4, 0.5) is 24.5 Å². The first-order valence-electron chi connectivity index (χ1n) is 8.18. The van der Waals surface area contributed by atoms with Crippen LogP contribution in [0, 0.1) is 10.1 Å². The van der Waals surface area contributed by atoms with E-state index in [0.29, 0.717) is 0 Å². The zero-order valence-corrected chi connectivity index (χ0v) is 15.9. The van der Waals surface area contributed by atoms with Crippen molar-refractivity contribution in [3.63, 3.8) is 0 Å². The molecule has 0 unspecified atom stereocenters. The highest BCUT2D eigenvalue weighted by molar-refractivity contribution is 6.34. The first-order chi connectivity index (χ1) is 14.0. The summed E-state index contributed by atoms with van der Waals surface area (Å²) >= 11 is 5.91. The fraction of sp³-hybridized carbons (Fsp3) is 0.111. The number of carbonyl (C=O) groups excluding carboxylic acids is 1. The summed E-state index contributed by atoms with van der Waals surface area (Å²) in [5, 5.41) is 17.6. The molecule has 0 aliphatic heterocycles. The summed E-state index contributed by atoms with van der Waals surface area (Å²) < 4.78 is 45.3. The highest BCUT2D eigenvalue weighted by Gasteiger charge is 2.30. The molecule has 0 spiro atoms. The summed E-state index contributed by atoms with van der Waals surface area (Å²) in [5.41, 5.74) is -1.52. The minimum Gasteiger partial charge on any atom is -0.457 e. The van der Waals surface area contributed by atoms with Gasteiger partial charge < -0.3 is 10.1 Å². The van der Waals surface area contributed by atoms with E-state index in [9.17, 15) is 28.1 Å². The number of anilines is 1. The van der Waals surface area contributed by atoms with Gasteiger partial charge in [-0.3, -0.25) is 19.6 Å². The summed E-state index contributed by atoms with van der Waals surface area (Å²) in [7, 11) is 1.55. The van der Waals surface area contributed by atoms with Crippen molar-refractivity contribution in [3.05, 3.63) is 75.1 Å². The Balaban J connectivity index is 1.91. The molecule has 0 saturated heterocycles. The van der Waals surface area contributed by atoms with Gasteiger partial charge >= 0.3 is 6.18 Å². The number of hydrogen-bond acceptors (Lipinski definition) is 5. The molecule has 0 aliphatic carbocycles. The van der Waals surface area contributed by atoms with Crippen molar-refractivity contribution < 1.29 is 27.6 Å². The second-order valence-electron chi connectivity index (χ2n) is 6.05. The predicted octanol–water partition coefficient (Wildman–Crippen LogP) is 5.05. The van der Waals surface area contributed by atoms with Gasteiger partial charge in [0.25, 0.3) is 11.6 Å². The van der Waals surface area contributed by atoms with Gasteiger partial charge in [-0.15, -0.1) is 0 Å². The van der Waals surface area contributed by atoms with Crippen LogP contribution in [0.2, 0.25) is 5.02 Å². The summed E-state index contributed by atoms with van der Waals surface area (Å²) in [5.74, 6) is -1.06. The fourth-order valence-corrected chi connectivity index (χ4v) is 2.76. The standard InChI is InChI=1S/C18H12ClF3N4O4/c1-25-9-15(19)16(24-25)17(27)23-11-6-12(26(28)29)8-14(7-11)30-13-4-2-3-10(5-13)18(20,21)22/h2-9H,1H3,(H,23,27). The number of aryl methyl sites for hydroxylation is 1. The Morgan fingerprint density at radius 1 is 1.23 bits per heavy atom. The second kappa shape index (κ2) is 8.03. The Hall–Kier alpha value is -3.60. The number of nitro groups is 1. The topological polar surface area (TPSA) is 99.3 Å². The van der Waals surface area contributed by atoms with Crippen molar-refractivity contribution in [2.75, 3.05) is 5.32 Å². The third-order valence-electron chi connectivity index (χ3n) is 3.76. The number of carbonyl (C=O) groups is 1. The van der Waals surface area contributed by atoms with Gasteiger partial charge in [0.1, 0.15) is 11.5 Å². The fourth-order valence-electron chi connectivity index (χ4n) is 2.50. The lowest BCUT2D eigenvalue weighted by molar-refractivity contribution is -0.384. The molecule has 3 aromatic rings. The lowest BCUT2D eigenvalue weighted by Crippen LogP contribution is -2.13. The molecular weight excluding hydrogens is 429 g/mol. The maximum atomic E-state index is 12.9. The van der Waals surface area contributed by atoms with Crippen LogP contribution in [-0.2, 0) is 13.2 Å². The van der Waals surface area contributed by atoms with E-state index < -0.39 is 28.3 Å². The van der Waals surface area contributed by atoms with E-state index in [0.717, 1.165) is 30.3 Å². The van der Waals surface area contributed by atoms with Crippen molar-refractivity contribution >= 4 is 28.9 Å². The number of nitrogens with one attached hydrogen (secondary N) is 1. The number of alkyl halides is 3. The maximum Gasteiger partial charge on any atom is 0.416 e. The molecule has 0 aliphatic rings. The Kier molecular flexibility index (Phi) is 5.65. The Labute approximate surface area is 172 Å². The Morgan fingerprint density at radius 3 is 2.57 bits per heavy atom. The monoisotopic (exact) mass is 440 g/mol. The van der Waals surface area contributed by atoms with E-state index in [1.807, 2.05) is 0 Å². The molecular formula is C18H12ClF3N4O4. The van der Waals surface area contributed by atoms with Gasteiger partial charge in [-0.2, -0.15) is 18.3 Å². The lowest BCUT2D eigenvalue weighted by Gasteiger charge is -2.11. The van der Waals surface area contributed by atoms with E-state index in [-0.39, 0.29) is 27.9 Å². The van der Waals surface area contributed by atoms with E-state index in [4.69, 9.17) is 16.3 Å². The first kappa shape index (κ1) is 21.1. The molecule has 0 bridgehead atoms. The second-order valence-corrected chi connectivity index (χ2v) is 6.46. The molecule has 1 amide bonds. The molecule has 1 N–H and O–H groups in total. The Bertz CT molecular complexity index is 1130. The highest BCUT2D eigenvalue weighted by Crippen LogP contribution is 2.34. The number of benzene rings is 2. The van der Waals surface area contributed by atoms with Crippen LogP contribution in [0.3, 0.4) is 0 Å². The number of amides is 1. The zero-order valence-electron chi connectivity index (χ0n) is 15.1. The molecule has 0 atom stereocenters. The summed E-state index contributed by atoms with van der Waals surface area (Å²) in [4.78, 5) is 22.8. The van der Waals surface area contributed by atoms with Crippen LogP contribution in [0.1, 0.15) is 16.1 Å². The largest absolute Gasteiger partial charge is 0.457 e. The van der Waals surface area contributed by atoms with Gasteiger partial charge in [-0.05, 0) is 18.2 Å². The van der Waals surface area contributed by atoms with Crippen LogP contribution < -0.4 is 10.1 Å². The Morgan fingerprint density at radius 2 is 1.97 bits per heavy atom. The first-order valence-corrected chi connectivity index (χ1v) is 8.56. The molecule has 0 saturated carbocycles. The minimum absolute atomic E-state index is 0.0297. The lowest BCUT2D eigenvalue weighted by atomic mass is 10.2. The minimum atomic E-state index is -4.58. The average molecular weight is 441 g/mol. The molecule has 0 radical (unpaired) electrons. The van der Waals surface area contributed by atoms with Crippen molar-refractivity contribution in [2.45, 2.75) is 6.18 Å². The van der Waals surface area contributed by atoms with Crippen molar-refractivity contribution in [3.8, 4) is 11.5 Å². The van der Waals surface area contributed by atoms with Crippen LogP contribution in [0.15, 0.2) is 48.7 Å².